The number of carbonyl (C=O) groups is 1. The van der Waals surface area contributed by atoms with E-state index in [4.69, 9.17) is 0 Å². The zero-order valence-corrected chi connectivity index (χ0v) is 16.5. The molecule has 0 aliphatic carbocycles. The molecule has 1 aliphatic heterocycles. The van der Waals surface area contributed by atoms with Gasteiger partial charge in [-0.3, -0.25) is 14.5 Å². The molecule has 0 bridgehead atoms. The van der Waals surface area contributed by atoms with Gasteiger partial charge in [0.25, 0.3) is 0 Å². The van der Waals surface area contributed by atoms with Crippen LogP contribution < -0.4 is 4.72 Å². The summed E-state index contributed by atoms with van der Waals surface area (Å²) >= 11 is 0. The van der Waals surface area contributed by atoms with Gasteiger partial charge in [0.1, 0.15) is 0 Å². The van der Waals surface area contributed by atoms with E-state index in [9.17, 15) is 13.2 Å². The standard InChI is InChI=1S/C20H25N3O3S/c1-15-4-3-5-18(21-15)11-13-23-12-10-17(14-23)20(24)16-6-8-19(9-7-16)22-27(2,25)26/h3-9,17,22H,10-14H2,1-2H3. The molecule has 0 saturated carbocycles. The highest BCUT2D eigenvalue weighted by atomic mass is 32.2. The molecule has 1 aliphatic rings. The first kappa shape index (κ1) is 19.5. The lowest BCUT2D eigenvalue weighted by Crippen LogP contribution is -2.25. The Hall–Kier alpha value is -2.25. The number of sulfonamides is 1. The van der Waals surface area contributed by atoms with Gasteiger partial charge in [-0.2, -0.15) is 0 Å². The third kappa shape index (κ3) is 5.61. The summed E-state index contributed by atoms with van der Waals surface area (Å²) in [6.45, 7) is 4.56. The number of carbonyl (C=O) groups excluding carboxylic acids is 1. The van der Waals surface area contributed by atoms with Crippen molar-refractivity contribution < 1.29 is 13.2 Å². The number of nitrogens with one attached hydrogen (secondary N) is 1. The predicted molar refractivity (Wildman–Crippen MR) is 106 cm³/mol. The van der Waals surface area contributed by atoms with Crippen molar-refractivity contribution in [1.82, 2.24) is 9.88 Å². The highest BCUT2D eigenvalue weighted by molar-refractivity contribution is 7.92. The fourth-order valence-corrected chi connectivity index (χ4v) is 3.98. The highest BCUT2D eigenvalue weighted by Gasteiger charge is 2.28. The minimum absolute atomic E-state index is 0.0100. The average molecular weight is 388 g/mol. The van der Waals surface area contributed by atoms with Crippen molar-refractivity contribution in [3.05, 3.63) is 59.4 Å². The van der Waals surface area contributed by atoms with E-state index in [0.717, 1.165) is 50.1 Å². The molecule has 1 fully saturated rings. The molecule has 1 atom stereocenters. The average Bonchev–Trinajstić information content (AvgIpc) is 3.08. The molecule has 1 N–H and O–H groups in total. The van der Waals surface area contributed by atoms with E-state index in [-0.39, 0.29) is 11.7 Å². The maximum atomic E-state index is 12.7. The number of aromatic nitrogens is 1. The summed E-state index contributed by atoms with van der Waals surface area (Å²) in [4.78, 5) is 19.6. The van der Waals surface area contributed by atoms with E-state index in [1.165, 1.54) is 0 Å². The van der Waals surface area contributed by atoms with Crippen LogP contribution in [0.1, 0.15) is 28.2 Å². The SMILES string of the molecule is Cc1cccc(CCN2CCC(C(=O)c3ccc(NS(C)(=O)=O)cc3)C2)n1. The Bertz CT molecular complexity index is 910. The molecule has 7 heteroatoms. The Kier molecular flexibility index (Phi) is 5.92. The third-order valence-corrected chi connectivity index (χ3v) is 5.35. The number of Topliss-reactive ketones (excluding diaryl/α,β-unsaturated/α-hetero) is 1. The van der Waals surface area contributed by atoms with Crippen molar-refractivity contribution in [2.75, 3.05) is 30.6 Å². The topological polar surface area (TPSA) is 79.4 Å². The number of likely N-dealkylation sites (tertiary alicyclic amines) is 1. The smallest absolute Gasteiger partial charge is 0.229 e. The van der Waals surface area contributed by atoms with Gasteiger partial charge in [-0.1, -0.05) is 6.07 Å². The lowest BCUT2D eigenvalue weighted by molar-refractivity contribution is 0.0923. The van der Waals surface area contributed by atoms with Crippen LogP contribution >= 0.6 is 0 Å². The number of hydrogen-bond donors (Lipinski definition) is 1. The van der Waals surface area contributed by atoms with E-state index >= 15 is 0 Å². The first-order valence-corrected chi connectivity index (χ1v) is 11.0. The van der Waals surface area contributed by atoms with Gasteiger partial charge in [0.15, 0.2) is 5.78 Å². The second-order valence-corrected chi connectivity index (χ2v) is 8.87. The van der Waals surface area contributed by atoms with E-state index < -0.39 is 10.0 Å². The lowest BCUT2D eigenvalue weighted by Gasteiger charge is -2.15. The first-order valence-electron chi connectivity index (χ1n) is 9.07. The second kappa shape index (κ2) is 8.19. The lowest BCUT2D eigenvalue weighted by atomic mass is 9.97. The maximum Gasteiger partial charge on any atom is 0.229 e. The zero-order chi connectivity index (χ0) is 19.4. The Labute approximate surface area is 160 Å². The molecule has 1 saturated heterocycles. The molecule has 27 heavy (non-hydrogen) atoms. The number of anilines is 1. The molecular formula is C20H25N3O3S. The molecular weight excluding hydrogens is 362 g/mol. The maximum absolute atomic E-state index is 12.7. The van der Waals surface area contributed by atoms with Crippen molar-refractivity contribution in [3.63, 3.8) is 0 Å². The summed E-state index contributed by atoms with van der Waals surface area (Å²) < 4.78 is 24.9. The van der Waals surface area contributed by atoms with Crippen molar-refractivity contribution in [2.45, 2.75) is 19.8 Å². The normalized spacial score (nSPS) is 17.8. The van der Waals surface area contributed by atoms with Gasteiger partial charge in [0, 0.05) is 48.1 Å². The van der Waals surface area contributed by atoms with Gasteiger partial charge < -0.3 is 4.90 Å². The van der Waals surface area contributed by atoms with Gasteiger partial charge in [-0.15, -0.1) is 0 Å². The minimum Gasteiger partial charge on any atom is -0.302 e. The summed E-state index contributed by atoms with van der Waals surface area (Å²) in [7, 11) is -3.31. The number of rotatable bonds is 7. The van der Waals surface area contributed by atoms with Crippen LogP contribution in [-0.4, -0.2) is 50.0 Å². The van der Waals surface area contributed by atoms with Crippen LogP contribution in [0.5, 0.6) is 0 Å². The number of benzene rings is 1. The fraction of sp³-hybridized carbons (Fsp3) is 0.400. The molecule has 1 unspecified atom stereocenters. The van der Waals surface area contributed by atoms with Crippen molar-refractivity contribution in [2.24, 2.45) is 5.92 Å². The Morgan fingerprint density at radius 3 is 2.63 bits per heavy atom. The van der Waals surface area contributed by atoms with Crippen molar-refractivity contribution in [3.8, 4) is 0 Å². The molecule has 0 spiro atoms. The van der Waals surface area contributed by atoms with Gasteiger partial charge in [0.2, 0.25) is 10.0 Å². The van der Waals surface area contributed by atoms with Crippen molar-refractivity contribution in [1.29, 1.82) is 0 Å². The van der Waals surface area contributed by atoms with Gasteiger partial charge in [-0.05, 0) is 56.3 Å². The number of aryl methyl sites for hydroxylation is 1. The molecule has 2 aromatic rings. The monoisotopic (exact) mass is 387 g/mol. The molecule has 3 rings (SSSR count). The number of pyridine rings is 1. The van der Waals surface area contributed by atoms with Crippen LogP contribution in [0.4, 0.5) is 5.69 Å². The first-order chi connectivity index (χ1) is 12.8. The summed E-state index contributed by atoms with van der Waals surface area (Å²) in [5.41, 5.74) is 3.20. The Morgan fingerprint density at radius 1 is 1.22 bits per heavy atom. The number of ketones is 1. The minimum atomic E-state index is -3.31. The largest absolute Gasteiger partial charge is 0.302 e. The molecule has 1 aromatic heterocycles. The molecule has 0 amide bonds. The highest BCUT2D eigenvalue weighted by Crippen LogP contribution is 2.22. The quantitative estimate of drug-likeness (QED) is 0.739. The zero-order valence-electron chi connectivity index (χ0n) is 15.7. The van der Waals surface area contributed by atoms with E-state index in [1.807, 2.05) is 25.1 Å². The van der Waals surface area contributed by atoms with E-state index in [2.05, 4.69) is 14.6 Å². The van der Waals surface area contributed by atoms with E-state index in [0.29, 0.717) is 11.3 Å². The van der Waals surface area contributed by atoms with Crippen LogP contribution in [0.3, 0.4) is 0 Å². The molecule has 2 heterocycles. The number of hydrogen-bond acceptors (Lipinski definition) is 5. The molecule has 1 aromatic carbocycles. The molecule has 144 valence electrons. The summed E-state index contributed by atoms with van der Waals surface area (Å²) in [5.74, 6) is 0.112. The fourth-order valence-electron chi connectivity index (χ4n) is 3.41. The van der Waals surface area contributed by atoms with Gasteiger partial charge >= 0.3 is 0 Å². The van der Waals surface area contributed by atoms with Crippen LogP contribution in [0.2, 0.25) is 0 Å². The summed E-state index contributed by atoms with van der Waals surface area (Å²) in [6, 6.07) is 12.7. The van der Waals surface area contributed by atoms with Crippen LogP contribution in [0, 0.1) is 12.8 Å². The summed E-state index contributed by atoms with van der Waals surface area (Å²) in [6.07, 6.45) is 2.84. The summed E-state index contributed by atoms with van der Waals surface area (Å²) in [5, 5.41) is 0. The Balaban J connectivity index is 1.54. The van der Waals surface area contributed by atoms with Crippen LogP contribution in [-0.2, 0) is 16.4 Å². The molecule has 0 radical (unpaired) electrons. The second-order valence-electron chi connectivity index (χ2n) is 7.12. The van der Waals surface area contributed by atoms with Gasteiger partial charge in [0.05, 0.1) is 6.26 Å². The predicted octanol–water partition coefficient (Wildman–Crippen LogP) is 2.51. The number of nitrogens with zero attached hydrogens (tertiary/aromatic N) is 2. The van der Waals surface area contributed by atoms with E-state index in [1.54, 1.807) is 24.3 Å². The molecule has 6 nitrogen and oxygen atoms in total. The van der Waals surface area contributed by atoms with Crippen LogP contribution in [0.25, 0.3) is 0 Å². The Morgan fingerprint density at radius 2 is 1.96 bits per heavy atom. The van der Waals surface area contributed by atoms with Gasteiger partial charge in [-0.25, -0.2) is 8.42 Å². The third-order valence-electron chi connectivity index (χ3n) is 4.75. The van der Waals surface area contributed by atoms with Crippen molar-refractivity contribution >= 4 is 21.5 Å². The van der Waals surface area contributed by atoms with Crippen LogP contribution in [0.15, 0.2) is 42.5 Å².